The third-order valence-electron chi connectivity index (χ3n) is 4.83. The van der Waals surface area contributed by atoms with Gasteiger partial charge in [-0.25, -0.2) is 17.5 Å². The number of halogens is 6. The molecule has 1 atom stereocenters. The fourth-order valence-electron chi connectivity index (χ4n) is 3.45. The molecule has 0 aliphatic carbocycles. The van der Waals surface area contributed by atoms with Crippen LogP contribution in [0, 0.1) is 5.82 Å². The van der Waals surface area contributed by atoms with Crippen molar-refractivity contribution in [3.63, 3.8) is 0 Å². The highest BCUT2D eigenvalue weighted by molar-refractivity contribution is 7.99. The van der Waals surface area contributed by atoms with E-state index in [1.54, 1.807) is 4.72 Å². The lowest BCUT2D eigenvalue weighted by Gasteiger charge is -2.27. The van der Waals surface area contributed by atoms with Crippen LogP contribution in [0.5, 0.6) is 5.75 Å². The van der Waals surface area contributed by atoms with Crippen molar-refractivity contribution in [2.24, 2.45) is 0 Å². The molecule has 14 heteroatoms. The molecule has 0 saturated carbocycles. The number of anilines is 1. The highest BCUT2D eigenvalue weighted by Gasteiger charge is 2.32. The van der Waals surface area contributed by atoms with E-state index < -0.39 is 39.4 Å². The SMILES string of the molecule is CS(=O)(=O)NC(=O)c1cc(Cl)c(SC[C@H]2CCCN2c2ccc(OC(F)(F)F)c(Cl)c2)cc1F. The van der Waals surface area contributed by atoms with Crippen molar-refractivity contribution in [2.75, 3.05) is 23.5 Å². The van der Waals surface area contributed by atoms with Gasteiger partial charge in [0.15, 0.2) is 0 Å². The molecule has 0 spiro atoms. The lowest BCUT2D eigenvalue weighted by molar-refractivity contribution is -0.274. The lowest BCUT2D eigenvalue weighted by atomic mass is 10.2. The Kier molecular flexibility index (Phi) is 8.16. The van der Waals surface area contributed by atoms with Crippen LogP contribution in [0.25, 0.3) is 0 Å². The third kappa shape index (κ3) is 7.06. The molecule has 1 saturated heterocycles. The van der Waals surface area contributed by atoms with Crippen LogP contribution in [-0.4, -0.2) is 45.3 Å². The van der Waals surface area contributed by atoms with Gasteiger partial charge in [0.2, 0.25) is 10.0 Å². The number of sulfonamides is 1. The lowest BCUT2D eigenvalue weighted by Crippen LogP contribution is -2.31. The molecule has 1 aliphatic heterocycles. The number of benzene rings is 2. The smallest absolute Gasteiger partial charge is 0.404 e. The number of amides is 1. The second-order valence-corrected chi connectivity index (χ2v) is 11.1. The zero-order valence-corrected chi connectivity index (χ0v) is 20.6. The van der Waals surface area contributed by atoms with Crippen molar-refractivity contribution in [1.29, 1.82) is 0 Å². The number of rotatable bonds is 7. The van der Waals surface area contributed by atoms with E-state index in [0.717, 1.165) is 37.3 Å². The second kappa shape index (κ2) is 10.4. The number of alkyl halides is 3. The number of nitrogens with zero attached hydrogens (tertiary/aromatic N) is 1. The molecule has 0 radical (unpaired) electrons. The molecule has 1 heterocycles. The first-order valence-corrected chi connectivity index (χ1v) is 13.3. The molecule has 1 fully saturated rings. The predicted octanol–water partition coefficient (Wildman–Crippen LogP) is 5.48. The van der Waals surface area contributed by atoms with Gasteiger partial charge in [-0.15, -0.1) is 24.9 Å². The Bertz CT molecular complexity index is 1200. The summed E-state index contributed by atoms with van der Waals surface area (Å²) in [7, 11) is -3.87. The van der Waals surface area contributed by atoms with Crippen molar-refractivity contribution in [3.8, 4) is 5.75 Å². The summed E-state index contributed by atoms with van der Waals surface area (Å²) >= 11 is 13.4. The van der Waals surface area contributed by atoms with E-state index in [4.69, 9.17) is 23.2 Å². The Labute approximate surface area is 207 Å². The summed E-state index contributed by atoms with van der Waals surface area (Å²) < 4.78 is 79.9. The Morgan fingerprint density at radius 1 is 1.24 bits per heavy atom. The molecule has 2 aromatic rings. The molecule has 0 bridgehead atoms. The highest BCUT2D eigenvalue weighted by Crippen LogP contribution is 2.37. The van der Waals surface area contributed by atoms with E-state index in [-0.39, 0.29) is 16.1 Å². The minimum Gasteiger partial charge on any atom is -0.404 e. The van der Waals surface area contributed by atoms with Gasteiger partial charge in [0.1, 0.15) is 11.6 Å². The number of carbonyl (C=O) groups excluding carboxylic acids is 1. The van der Waals surface area contributed by atoms with E-state index in [0.29, 0.717) is 22.9 Å². The quantitative estimate of drug-likeness (QED) is 0.357. The van der Waals surface area contributed by atoms with Gasteiger partial charge in [-0.1, -0.05) is 23.2 Å². The van der Waals surface area contributed by atoms with Crippen LogP contribution in [0.15, 0.2) is 35.2 Å². The van der Waals surface area contributed by atoms with Crippen molar-refractivity contribution < 1.29 is 35.5 Å². The minimum atomic E-state index is -4.85. The fraction of sp³-hybridized carbons (Fsp3) is 0.350. The van der Waals surface area contributed by atoms with Gasteiger partial charge in [-0.3, -0.25) is 4.79 Å². The van der Waals surface area contributed by atoms with Crippen molar-refractivity contribution in [2.45, 2.75) is 30.1 Å². The maximum atomic E-state index is 14.5. The summed E-state index contributed by atoms with van der Waals surface area (Å²) in [5.74, 6) is -2.09. The van der Waals surface area contributed by atoms with E-state index in [1.165, 1.54) is 23.9 Å². The van der Waals surface area contributed by atoms with Crippen LogP contribution in [0.1, 0.15) is 23.2 Å². The van der Waals surface area contributed by atoms with Gasteiger partial charge in [0.05, 0.1) is 21.9 Å². The summed E-state index contributed by atoms with van der Waals surface area (Å²) in [6.45, 7) is 0.647. The molecule has 0 aromatic heterocycles. The topological polar surface area (TPSA) is 75.7 Å². The first-order valence-electron chi connectivity index (χ1n) is 9.69. The van der Waals surface area contributed by atoms with Gasteiger partial charge in [0.25, 0.3) is 5.91 Å². The molecule has 6 nitrogen and oxygen atoms in total. The van der Waals surface area contributed by atoms with Gasteiger partial charge < -0.3 is 9.64 Å². The molecule has 186 valence electrons. The average molecular weight is 561 g/mol. The zero-order valence-electron chi connectivity index (χ0n) is 17.5. The number of carbonyl (C=O) groups is 1. The zero-order chi connectivity index (χ0) is 25.3. The minimum absolute atomic E-state index is 0.0391. The van der Waals surface area contributed by atoms with Crippen LogP contribution in [0.3, 0.4) is 0 Å². The Morgan fingerprint density at radius 3 is 2.56 bits per heavy atom. The molecule has 0 unspecified atom stereocenters. The van der Waals surface area contributed by atoms with Crippen molar-refractivity contribution in [1.82, 2.24) is 4.72 Å². The first kappa shape index (κ1) is 26.7. The first-order chi connectivity index (χ1) is 15.7. The summed E-state index contributed by atoms with van der Waals surface area (Å²) in [5, 5.41) is -0.104. The third-order valence-corrected chi connectivity index (χ3v) is 7.30. The number of ether oxygens (including phenoxy) is 1. The fourth-order valence-corrected chi connectivity index (χ4v) is 5.54. The average Bonchev–Trinajstić information content (AvgIpc) is 3.16. The Morgan fingerprint density at radius 2 is 1.94 bits per heavy atom. The predicted molar refractivity (Wildman–Crippen MR) is 123 cm³/mol. The second-order valence-electron chi connectivity index (χ2n) is 7.43. The summed E-state index contributed by atoms with van der Waals surface area (Å²) in [4.78, 5) is 14.3. The van der Waals surface area contributed by atoms with Gasteiger partial charge in [0, 0.05) is 28.9 Å². The molecule has 1 amide bonds. The largest absolute Gasteiger partial charge is 0.573 e. The van der Waals surface area contributed by atoms with Crippen LogP contribution in [0.4, 0.5) is 23.2 Å². The molecular weight excluding hydrogens is 543 g/mol. The van der Waals surface area contributed by atoms with Gasteiger partial charge in [-0.05, 0) is 43.2 Å². The van der Waals surface area contributed by atoms with Crippen molar-refractivity contribution in [3.05, 3.63) is 51.8 Å². The molecule has 3 rings (SSSR count). The summed E-state index contributed by atoms with van der Waals surface area (Å²) in [5.41, 5.74) is 0.116. The maximum Gasteiger partial charge on any atom is 0.573 e. The van der Waals surface area contributed by atoms with E-state index >= 15 is 0 Å². The maximum absolute atomic E-state index is 14.5. The molecular formula is C20H18Cl2F4N2O4S2. The molecule has 1 aliphatic rings. The summed E-state index contributed by atoms with van der Waals surface area (Å²) in [6, 6.07) is 6.11. The van der Waals surface area contributed by atoms with Gasteiger partial charge >= 0.3 is 6.36 Å². The number of nitrogens with one attached hydrogen (secondary N) is 1. The van der Waals surface area contributed by atoms with Crippen LogP contribution in [0.2, 0.25) is 10.0 Å². The van der Waals surface area contributed by atoms with E-state index in [2.05, 4.69) is 4.74 Å². The molecule has 34 heavy (non-hydrogen) atoms. The van der Waals surface area contributed by atoms with Crippen molar-refractivity contribution >= 4 is 56.6 Å². The number of hydrogen-bond donors (Lipinski definition) is 1. The van der Waals surface area contributed by atoms with Crippen LogP contribution < -0.4 is 14.4 Å². The molecule has 1 N–H and O–H groups in total. The number of thioether (sulfide) groups is 1. The highest BCUT2D eigenvalue weighted by atomic mass is 35.5. The van der Waals surface area contributed by atoms with Gasteiger partial charge in [-0.2, -0.15) is 0 Å². The summed E-state index contributed by atoms with van der Waals surface area (Å²) in [6.07, 6.45) is -2.48. The normalized spacial score (nSPS) is 16.6. The van der Waals surface area contributed by atoms with Crippen LogP contribution >= 0.6 is 35.0 Å². The van der Waals surface area contributed by atoms with E-state index in [1.807, 2.05) is 4.90 Å². The Hall–Kier alpha value is -1.89. The Balaban J connectivity index is 1.71. The number of hydrogen-bond acceptors (Lipinski definition) is 6. The standard InChI is InChI=1S/C20H18Cl2F4N2O4S2/c1-34(30,31)27-19(29)13-8-15(22)18(9-16(13)23)33-10-12-3-2-6-28(12)11-4-5-17(14(21)7-11)32-20(24,25)26/h4-5,7-9,12H,2-3,6,10H2,1H3,(H,27,29)/t12-/m1/s1. The molecule has 2 aromatic carbocycles. The van der Waals surface area contributed by atoms with E-state index in [9.17, 15) is 30.8 Å². The van der Waals surface area contributed by atoms with Crippen LogP contribution in [-0.2, 0) is 10.0 Å². The monoisotopic (exact) mass is 560 g/mol.